The number of fused-ring (bicyclic) bond motifs is 2. The first-order valence-electron chi connectivity index (χ1n) is 7.84. The van der Waals surface area contributed by atoms with E-state index in [0.717, 1.165) is 25.7 Å². The molecular weight excluding hydrogens is 302 g/mol. The van der Waals surface area contributed by atoms with E-state index in [2.05, 4.69) is 5.32 Å². The van der Waals surface area contributed by atoms with Crippen LogP contribution in [0.3, 0.4) is 0 Å². The molecule has 0 spiro atoms. The molecule has 0 aliphatic heterocycles. The molecule has 0 aromatic carbocycles. The Morgan fingerprint density at radius 1 is 1.27 bits per heavy atom. The Kier molecular flexibility index (Phi) is 5.64. The summed E-state index contributed by atoms with van der Waals surface area (Å²) in [5.74, 6) is 0.938. The second kappa shape index (κ2) is 7.29. The number of hydrogen-bond donors (Lipinski definition) is 2. The molecule has 0 saturated heterocycles. The van der Waals surface area contributed by atoms with Gasteiger partial charge in [0.15, 0.2) is 0 Å². The van der Waals surface area contributed by atoms with Crippen LogP contribution in [-0.4, -0.2) is 22.6 Å². The molecule has 2 bridgehead atoms. The number of carbonyl (C=O) groups is 1. The monoisotopic (exact) mass is 325 g/mol. The van der Waals surface area contributed by atoms with Crippen molar-refractivity contribution < 1.29 is 4.79 Å². The van der Waals surface area contributed by atoms with Gasteiger partial charge in [0.2, 0.25) is 5.91 Å². The van der Waals surface area contributed by atoms with Crippen molar-refractivity contribution in [3.63, 3.8) is 0 Å². The number of aromatic nitrogens is 1. The number of nitrogens with two attached hydrogens (primary N) is 1. The summed E-state index contributed by atoms with van der Waals surface area (Å²) in [5.41, 5.74) is 5.96. The SMILES string of the molecule is Cl.NC1CC2CCCC(C1)C2NC(=O)Cn1ccccc1=O. The van der Waals surface area contributed by atoms with Crippen molar-refractivity contribution >= 4 is 18.3 Å². The average molecular weight is 326 g/mol. The highest BCUT2D eigenvalue weighted by molar-refractivity contribution is 5.85. The average Bonchev–Trinajstić information content (AvgIpc) is 2.42. The van der Waals surface area contributed by atoms with Gasteiger partial charge in [-0.1, -0.05) is 12.5 Å². The molecule has 122 valence electrons. The van der Waals surface area contributed by atoms with Crippen molar-refractivity contribution in [2.24, 2.45) is 17.6 Å². The zero-order chi connectivity index (χ0) is 14.8. The number of rotatable bonds is 3. The quantitative estimate of drug-likeness (QED) is 0.879. The Hall–Kier alpha value is -1.33. The molecule has 2 aliphatic carbocycles. The normalized spacial score (nSPS) is 30.2. The highest BCUT2D eigenvalue weighted by atomic mass is 35.5. The number of nitrogens with one attached hydrogen (secondary N) is 1. The summed E-state index contributed by atoms with van der Waals surface area (Å²) in [7, 11) is 0. The van der Waals surface area contributed by atoms with E-state index < -0.39 is 0 Å². The van der Waals surface area contributed by atoms with Crippen LogP contribution in [0, 0.1) is 11.8 Å². The smallest absolute Gasteiger partial charge is 0.250 e. The van der Waals surface area contributed by atoms with Crippen molar-refractivity contribution in [3.05, 3.63) is 34.7 Å². The fourth-order valence-electron chi connectivity index (χ4n) is 4.00. The molecule has 22 heavy (non-hydrogen) atoms. The molecule has 2 unspecified atom stereocenters. The van der Waals surface area contributed by atoms with Gasteiger partial charge in [-0.15, -0.1) is 12.4 Å². The fraction of sp³-hybridized carbons (Fsp3) is 0.625. The topological polar surface area (TPSA) is 77.1 Å². The highest BCUT2D eigenvalue weighted by Crippen LogP contribution is 2.39. The second-order valence-corrected chi connectivity index (χ2v) is 6.44. The number of pyridine rings is 1. The van der Waals surface area contributed by atoms with Gasteiger partial charge in [-0.05, 0) is 43.6 Å². The maximum atomic E-state index is 12.2. The van der Waals surface area contributed by atoms with Gasteiger partial charge in [0.25, 0.3) is 5.56 Å². The maximum absolute atomic E-state index is 12.2. The minimum Gasteiger partial charge on any atom is -0.351 e. The summed E-state index contributed by atoms with van der Waals surface area (Å²) in [6.07, 6.45) is 7.21. The second-order valence-electron chi connectivity index (χ2n) is 6.44. The third-order valence-corrected chi connectivity index (χ3v) is 4.92. The zero-order valence-electron chi connectivity index (χ0n) is 12.6. The number of amides is 1. The molecule has 1 aromatic rings. The van der Waals surface area contributed by atoms with Gasteiger partial charge in [0, 0.05) is 24.3 Å². The number of hydrogen-bond acceptors (Lipinski definition) is 3. The van der Waals surface area contributed by atoms with E-state index in [9.17, 15) is 9.59 Å². The van der Waals surface area contributed by atoms with Crippen LogP contribution in [-0.2, 0) is 11.3 Å². The predicted octanol–water partition coefficient (Wildman–Crippen LogP) is 1.29. The van der Waals surface area contributed by atoms with Crippen LogP contribution >= 0.6 is 12.4 Å². The molecule has 2 atom stereocenters. The molecule has 5 nitrogen and oxygen atoms in total. The lowest BCUT2D eigenvalue weighted by Crippen LogP contribution is -2.54. The van der Waals surface area contributed by atoms with Crippen molar-refractivity contribution in [1.82, 2.24) is 9.88 Å². The molecule has 0 radical (unpaired) electrons. The van der Waals surface area contributed by atoms with Crippen molar-refractivity contribution in [2.75, 3.05) is 0 Å². The van der Waals surface area contributed by atoms with Crippen LogP contribution in [0.4, 0.5) is 0 Å². The van der Waals surface area contributed by atoms with Crippen molar-refractivity contribution in [3.8, 4) is 0 Å². The van der Waals surface area contributed by atoms with Crippen LogP contribution in [0.2, 0.25) is 0 Å². The zero-order valence-corrected chi connectivity index (χ0v) is 13.4. The Balaban J connectivity index is 0.00000176. The van der Waals surface area contributed by atoms with E-state index in [-0.39, 0.29) is 42.5 Å². The standard InChI is InChI=1S/C16H23N3O2.ClH/c17-13-8-11-4-3-5-12(9-13)16(11)18-14(20)10-19-7-2-1-6-15(19)21;/h1-2,6-7,11-13,16H,3-5,8-10,17H2,(H,18,20);1H. The van der Waals surface area contributed by atoms with Gasteiger partial charge in [-0.25, -0.2) is 0 Å². The largest absolute Gasteiger partial charge is 0.351 e. The third-order valence-electron chi connectivity index (χ3n) is 4.92. The van der Waals surface area contributed by atoms with Gasteiger partial charge in [-0.2, -0.15) is 0 Å². The van der Waals surface area contributed by atoms with E-state index in [1.165, 1.54) is 17.1 Å². The number of halogens is 1. The molecular formula is C16H24ClN3O2. The summed E-state index contributed by atoms with van der Waals surface area (Å²) < 4.78 is 1.44. The van der Waals surface area contributed by atoms with E-state index in [1.54, 1.807) is 18.3 Å². The molecule has 2 fully saturated rings. The molecule has 1 amide bonds. The van der Waals surface area contributed by atoms with Crippen LogP contribution in [0.25, 0.3) is 0 Å². The molecule has 1 heterocycles. The number of nitrogens with zero attached hydrogens (tertiary/aromatic N) is 1. The summed E-state index contributed by atoms with van der Waals surface area (Å²) in [6.45, 7) is 0.0989. The van der Waals surface area contributed by atoms with Crippen molar-refractivity contribution in [2.45, 2.75) is 50.7 Å². The molecule has 3 rings (SSSR count). The van der Waals surface area contributed by atoms with E-state index in [1.807, 2.05) is 0 Å². The summed E-state index contributed by atoms with van der Waals surface area (Å²) in [6, 6.07) is 5.45. The first-order valence-corrected chi connectivity index (χ1v) is 7.84. The molecule has 6 heteroatoms. The summed E-state index contributed by atoms with van der Waals surface area (Å²) in [4.78, 5) is 23.9. The molecule has 1 aromatic heterocycles. The van der Waals surface area contributed by atoms with Gasteiger partial charge < -0.3 is 15.6 Å². The Labute approximate surface area is 136 Å². The lowest BCUT2D eigenvalue weighted by molar-refractivity contribution is -0.124. The first kappa shape index (κ1) is 17.0. The molecule has 2 aliphatic rings. The fourth-order valence-corrected chi connectivity index (χ4v) is 4.00. The Morgan fingerprint density at radius 2 is 1.95 bits per heavy atom. The minimum absolute atomic E-state index is 0. The van der Waals surface area contributed by atoms with Gasteiger partial charge >= 0.3 is 0 Å². The molecule has 2 saturated carbocycles. The van der Waals surface area contributed by atoms with Gasteiger partial charge in [0.05, 0.1) is 0 Å². The van der Waals surface area contributed by atoms with E-state index in [0.29, 0.717) is 11.8 Å². The Morgan fingerprint density at radius 3 is 2.59 bits per heavy atom. The maximum Gasteiger partial charge on any atom is 0.250 e. The van der Waals surface area contributed by atoms with E-state index >= 15 is 0 Å². The van der Waals surface area contributed by atoms with Crippen LogP contribution in [0.15, 0.2) is 29.2 Å². The van der Waals surface area contributed by atoms with Crippen LogP contribution in [0.1, 0.15) is 32.1 Å². The predicted molar refractivity (Wildman–Crippen MR) is 87.9 cm³/mol. The molecule has 3 N–H and O–H groups in total. The minimum atomic E-state index is -0.140. The van der Waals surface area contributed by atoms with Gasteiger partial charge in [-0.3, -0.25) is 9.59 Å². The van der Waals surface area contributed by atoms with Crippen molar-refractivity contribution in [1.29, 1.82) is 0 Å². The van der Waals surface area contributed by atoms with Gasteiger partial charge in [0.1, 0.15) is 6.54 Å². The number of carbonyl (C=O) groups excluding carboxylic acids is 1. The highest BCUT2D eigenvalue weighted by Gasteiger charge is 2.39. The van der Waals surface area contributed by atoms with E-state index in [4.69, 9.17) is 5.73 Å². The lowest BCUT2D eigenvalue weighted by Gasteiger charge is -2.45. The Bertz CT molecular complexity index is 561. The lowest BCUT2D eigenvalue weighted by atomic mass is 9.67. The summed E-state index contributed by atoms with van der Waals surface area (Å²) in [5, 5.41) is 3.16. The third kappa shape index (κ3) is 3.70. The summed E-state index contributed by atoms with van der Waals surface area (Å²) >= 11 is 0. The first-order chi connectivity index (χ1) is 10.1. The van der Waals surface area contributed by atoms with Crippen LogP contribution in [0.5, 0.6) is 0 Å². The van der Waals surface area contributed by atoms with Crippen LogP contribution < -0.4 is 16.6 Å².